The van der Waals surface area contributed by atoms with E-state index in [1.54, 1.807) is 0 Å². The van der Waals surface area contributed by atoms with Gasteiger partial charge < -0.3 is 4.90 Å². The summed E-state index contributed by atoms with van der Waals surface area (Å²) in [5, 5.41) is 0. The molecule has 1 amide bonds. The Morgan fingerprint density at radius 3 is 2.80 bits per heavy atom. The van der Waals surface area contributed by atoms with Crippen molar-refractivity contribution in [1.82, 2.24) is 4.90 Å². The zero-order chi connectivity index (χ0) is 14.5. The molecule has 2 heteroatoms. The summed E-state index contributed by atoms with van der Waals surface area (Å²) in [6.07, 6.45) is 4.78. The van der Waals surface area contributed by atoms with Crippen molar-refractivity contribution in [2.75, 3.05) is 13.1 Å². The molecule has 1 aromatic rings. The third-order valence-corrected chi connectivity index (χ3v) is 4.41. The molecule has 0 bridgehead atoms. The van der Waals surface area contributed by atoms with E-state index in [2.05, 4.69) is 36.1 Å². The SMILES string of the molecule is Cc1ccccc1CCC1CCCN(C(=O)C(C)C)C1. The molecule has 1 aliphatic rings. The third kappa shape index (κ3) is 3.84. The van der Waals surface area contributed by atoms with E-state index in [4.69, 9.17) is 0 Å². The van der Waals surface area contributed by atoms with E-state index in [1.165, 1.54) is 24.0 Å². The van der Waals surface area contributed by atoms with Crippen LogP contribution < -0.4 is 0 Å². The summed E-state index contributed by atoms with van der Waals surface area (Å²) in [4.78, 5) is 14.2. The standard InChI is InChI=1S/C18H27NO/c1-14(2)18(20)19-12-6-8-16(13-19)10-11-17-9-5-4-7-15(17)3/h4-5,7,9,14,16H,6,8,10-13H2,1-3H3. The largest absolute Gasteiger partial charge is 0.342 e. The molecular weight excluding hydrogens is 246 g/mol. The highest BCUT2D eigenvalue weighted by Crippen LogP contribution is 2.23. The Kier molecular flexibility index (Phi) is 5.22. The summed E-state index contributed by atoms with van der Waals surface area (Å²) < 4.78 is 0. The molecule has 1 fully saturated rings. The molecule has 1 unspecified atom stereocenters. The van der Waals surface area contributed by atoms with Gasteiger partial charge in [-0.1, -0.05) is 38.1 Å². The summed E-state index contributed by atoms with van der Waals surface area (Å²) in [5.41, 5.74) is 2.85. The lowest BCUT2D eigenvalue weighted by Gasteiger charge is -2.34. The minimum absolute atomic E-state index is 0.130. The van der Waals surface area contributed by atoms with Crippen LogP contribution in [0.25, 0.3) is 0 Å². The predicted octanol–water partition coefficient (Wildman–Crippen LogP) is 3.82. The number of piperidine rings is 1. The molecule has 0 aromatic heterocycles. The van der Waals surface area contributed by atoms with Gasteiger partial charge >= 0.3 is 0 Å². The first-order valence-corrected chi connectivity index (χ1v) is 7.91. The lowest BCUT2D eigenvalue weighted by molar-refractivity contribution is -0.136. The Bertz CT molecular complexity index is 452. The summed E-state index contributed by atoms with van der Waals surface area (Å²) >= 11 is 0. The zero-order valence-electron chi connectivity index (χ0n) is 13.1. The van der Waals surface area contributed by atoms with Gasteiger partial charge in [0.1, 0.15) is 0 Å². The van der Waals surface area contributed by atoms with Crippen molar-refractivity contribution in [3.8, 4) is 0 Å². The number of carbonyl (C=O) groups excluding carboxylic acids is 1. The molecule has 0 saturated carbocycles. The van der Waals surface area contributed by atoms with Crippen molar-refractivity contribution < 1.29 is 4.79 Å². The molecule has 1 heterocycles. The van der Waals surface area contributed by atoms with Crippen molar-refractivity contribution in [2.45, 2.75) is 46.5 Å². The second kappa shape index (κ2) is 6.92. The van der Waals surface area contributed by atoms with E-state index >= 15 is 0 Å². The first-order valence-electron chi connectivity index (χ1n) is 7.91. The monoisotopic (exact) mass is 273 g/mol. The Morgan fingerprint density at radius 2 is 2.10 bits per heavy atom. The van der Waals surface area contributed by atoms with Crippen LogP contribution in [-0.2, 0) is 11.2 Å². The Morgan fingerprint density at radius 1 is 1.35 bits per heavy atom. The van der Waals surface area contributed by atoms with Crippen LogP contribution in [0, 0.1) is 18.8 Å². The van der Waals surface area contributed by atoms with Gasteiger partial charge in [-0.2, -0.15) is 0 Å². The highest BCUT2D eigenvalue weighted by Gasteiger charge is 2.24. The van der Waals surface area contributed by atoms with Gasteiger partial charge in [0.2, 0.25) is 5.91 Å². The molecule has 1 aromatic carbocycles. The normalized spacial score (nSPS) is 19.4. The minimum atomic E-state index is 0.130. The molecule has 1 aliphatic heterocycles. The van der Waals surface area contributed by atoms with E-state index in [9.17, 15) is 4.79 Å². The number of hydrogen-bond donors (Lipinski definition) is 0. The van der Waals surface area contributed by atoms with Crippen molar-refractivity contribution in [2.24, 2.45) is 11.8 Å². The van der Waals surface area contributed by atoms with Crippen molar-refractivity contribution in [3.63, 3.8) is 0 Å². The molecule has 0 N–H and O–H groups in total. The zero-order valence-corrected chi connectivity index (χ0v) is 13.1. The molecule has 110 valence electrons. The van der Waals surface area contributed by atoms with Crippen molar-refractivity contribution in [1.29, 1.82) is 0 Å². The maximum atomic E-state index is 12.1. The fourth-order valence-corrected chi connectivity index (χ4v) is 3.12. The fourth-order valence-electron chi connectivity index (χ4n) is 3.12. The van der Waals surface area contributed by atoms with Crippen LogP contribution in [0.15, 0.2) is 24.3 Å². The van der Waals surface area contributed by atoms with Gasteiger partial charge in [0.05, 0.1) is 0 Å². The van der Waals surface area contributed by atoms with Crippen LogP contribution >= 0.6 is 0 Å². The van der Waals surface area contributed by atoms with Crippen LogP contribution in [-0.4, -0.2) is 23.9 Å². The Hall–Kier alpha value is -1.31. The number of likely N-dealkylation sites (tertiary alicyclic amines) is 1. The molecule has 1 saturated heterocycles. The lowest BCUT2D eigenvalue weighted by Crippen LogP contribution is -2.42. The van der Waals surface area contributed by atoms with Gasteiger partial charge in [-0.3, -0.25) is 4.79 Å². The van der Waals surface area contributed by atoms with Crippen LogP contribution in [0.1, 0.15) is 44.2 Å². The van der Waals surface area contributed by atoms with E-state index in [1.807, 2.05) is 13.8 Å². The number of benzene rings is 1. The van der Waals surface area contributed by atoms with E-state index < -0.39 is 0 Å². The fraction of sp³-hybridized carbons (Fsp3) is 0.611. The number of carbonyl (C=O) groups is 1. The van der Waals surface area contributed by atoms with Crippen LogP contribution in [0.2, 0.25) is 0 Å². The number of aryl methyl sites for hydroxylation is 2. The molecule has 2 rings (SSSR count). The maximum Gasteiger partial charge on any atom is 0.225 e. The second-order valence-electron chi connectivity index (χ2n) is 6.41. The van der Waals surface area contributed by atoms with E-state index in [0.717, 1.165) is 25.9 Å². The topological polar surface area (TPSA) is 20.3 Å². The lowest BCUT2D eigenvalue weighted by atomic mass is 9.90. The molecule has 0 aliphatic carbocycles. The summed E-state index contributed by atoms with van der Waals surface area (Å²) in [5.74, 6) is 1.13. The molecule has 20 heavy (non-hydrogen) atoms. The quantitative estimate of drug-likeness (QED) is 0.816. The number of rotatable bonds is 4. The number of amides is 1. The molecule has 0 spiro atoms. The molecular formula is C18H27NO. The average Bonchev–Trinajstić information content (AvgIpc) is 2.46. The van der Waals surface area contributed by atoms with Crippen LogP contribution in [0.3, 0.4) is 0 Å². The number of hydrogen-bond acceptors (Lipinski definition) is 1. The Balaban J connectivity index is 1.87. The van der Waals surface area contributed by atoms with Gasteiger partial charge in [-0.25, -0.2) is 0 Å². The Labute approximate surface area is 123 Å². The smallest absolute Gasteiger partial charge is 0.225 e. The van der Waals surface area contributed by atoms with Gasteiger partial charge in [0, 0.05) is 19.0 Å². The van der Waals surface area contributed by atoms with E-state index in [-0.39, 0.29) is 5.92 Å². The minimum Gasteiger partial charge on any atom is -0.342 e. The number of nitrogens with zero attached hydrogens (tertiary/aromatic N) is 1. The van der Waals surface area contributed by atoms with Gasteiger partial charge in [-0.05, 0) is 49.7 Å². The van der Waals surface area contributed by atoms with Gasteiger partial charge in [-0.15, -0.1) is 0 Å². The van der Waals surface area contributed by atoms with Crippen molar-refractivity contribution >= 4 is 5.91 Å². The first-order chi connectivity index (χ1) is 9.58. The highest BCUT2D eigenvalue weighted by molar-refractivity contribution is 5.78. The summed E-state index contributed by atoms with van der Waals surface area (Å²) in [7, 11) is 0. The third-order valence-electron chi connectivity index (χ3n) is 4.41. The second-order valence-corrected chi connectivity index (χ2v) is 6.41. The molecule has 1 atom stereocenters. The highest BCUT2D eigenvalue weighted by atomic mass is 16.2. The first kappa shape index (κ1) is 15.1. The molecule has 2 nitrogen and oxygen atoms in total. The van der Waals surface area contributed by atoms with Gasteiger partial charge in [0.25, 0.3) is 0 Å². The van der Waals surface area contributed by atoms with Crippen molar-refractivity contribution in [3.05, 3.63) is 35.4 Å². The van der Waals surface area contributed by atoms with Crippen LogP contribution in [0.4, 0.5) is 0 Å². The molecule has 0 radical (unpaired) electrons. The average molecular weight is 273 g/mol. The maximum absolute atomic E-state index is 12.1. The summed E-state index contributed by atoms with van der Waals surface area (Å²) in [6, 6.07) is 8.64. The van der Waals surface area contributed by atoms with Crippen LogP contribution in [0.5, 0.6) is 0 Å². The van der Waals surface area contributed by atoms with Gasteiger partial charge in [0.15, 0.2) is 0 Å². The summed E-state index contributed by atoms with van der Waals surface area (Å²) in [6.45, 7) is 8.10. The van der Waals surface area contributed by atoms with E-state index in [0.29, 0.717) is 11.8 Å². The predicted molar refractivity (Wildman–Crippen MR) is 83.6 cm³/mol.